The Morgan fingerprint density at radius 1 is 1.22 bits per heavy atom. The number of hydrogen-bond acceptors (Lipinski definition) is 6. The molecule has 2 aromatic carbocycles. The quantitative estimate of drug-likeness (QED) is 0.669. The first-order valence-corrected chi connectivity index (χ1v) is 9.45. The zero-order valence-corrected chi connectivity index (χ0v) is 15.5. The molecule has 0 fully saturated rings. The first-order valence-electron chi connectivity index (χ1n) is 7.53. The summed E-state index contributed by atoms with van der Waals surface area (Å²) >= 11 is 5.94. The van der Waals surface area contributed by atoms with Crippen molar-refractivity contribution >= 4 is 33.2 Å². The van der Waals surface area contributed by atoms with E-state index in [9.17, 15) is 13.2 Å². The molecule has 0 unspecified atom stereocenters. The molecule has 140 valence electrons. The number of benzene rings is 2. The highest BCUT2D eigenvalue weighted by atomic mass is 35.5. The summed E-state index contributed by atoms with van der Waals surface area (Å²) in [6.45, 7) is 0. The number of amides is 1. The molecular weight excluding hydrogens is 394 g/mol. The van der Waals surface area contributed by atoms with Crippen molar-refractivity contribution in [3.8, 4) is 17.1 Å². The van der Waals surface area contributed by atoms with Crippen molar-refractivity contribution < 1.29 is 22.5 Å². The van der Waals surface area contributed by atoms with Crippen LogP contribution in [-0.2, 0) is 10.0 Å². The Hall–Kier alpha value is -2.88. The second-order valence-corrected chi connectivity index (χ2v) is 7.42. The summed E-state index contributed by atoms with van der Waals surface area (Å²) in [5.41, 5.74) is 0.880. The molecule has 0 bridgehead atoms. The van der Waals surface area contributed by atoms with Crippen molar-refractivity contribution in [2.24, 2.45) is 5.14 Å². The molecule has 0 aliphatic carbocycles. The summed E-state index contributed by atoms with van der Waals surface area (Å²) in [6.07, 6.45) is 0. The van der Waals surface area contributed by atoms with Crippen LogP contribution in [0.25, 0.3) is 11.3 Å². The molecule has 1 amide bonds. The van der Waals surface area contributed by atoms with E-state index in [2.05, 4.69) is 10.5 Å². The number of sulfonamides is 1. The van der Waals surface area contributed by atoms with E-state index in [1.165, 1.54) is 31.4 Å². The van der Waals surface area contributed by atoms with Gasteiger partial charge in [0, 0.05) is 22.3 Å². The van der Waals surface area contributed by atoms with Crippen molar-refractivity contribution in [2.75, 3.05) is 12.4 Å². The van der Waals surface area contributed by atoms with Gasteiger partial charge in [-0.15, -0.1) is 0 Å². The third-order valence-electron chi connectivity index (χ3n) is 3.58. The van der Waals surface area contributed by atoms with Crippen LogP contribution in [0.15, 0.2) is 57.9 Å². The van der Waals surface area contributed by atoms with Gasteiger partial charge in [-0.25, -0.2) is 13.6 Å². The fourth-order valence-electron chi connectivity index (χ4n) is 2.33. The number of aromatic nitrogens is 1. The van der Waals surface area contributed by atoms with Gasteiger partial charge >= 0.3 is 0 Å². The van der Waals surface area contributed by atoms with E-state index in [0.717, 1.165) is 0 Å². The zero-order valence-electron chi connectivity index (χ0n) is 14.0. The van der Waals surface area contributed by atoms with Crippen LogP contribution in [0, 0.1) is 0 Å². The predicted molar refractivity (Wildman–Crippen MR) is 99.3 cm³/mol. The van der Waals surface area contributed by atoms with Crippen LogP contribution < -0.4 is 15.2 Å². The number of rotatable bonds is 5. The Balaban J connectivity index is 1.84. The molecule has 0 spiro atoms. The number of primary sulfonamides is 1. The molecule has 0 saturated carbocycles. The van der Waals surface area contributed by atoms with Gasteiger partial charge in [-0.05, 0) is 30.3 Å². The zero-order chi connectivity index (χ0) is 19.6. The molecule has 0 radical (unpaired) electrons. The fraction of sp³-hybridized carbons (Fsp3) is 0.0588. The lowest BCUT2D eigenvalue weighted by Crippen LogP contribution is -2.16. The molecule has 3 N–H and O–H groups in total. The second-order valence-electron chi connectivity index (χ2n) is 5.45. The lowest BCUT2D eigenvalue weighted by Gasteiger charge is -2.09. The molecular formula is C17H14ClN3O5S. The van der Waals surface area contributed by atoms with Crippen LogP contribution in [0.4, 0.5) is 5.69 Å². The maximum Gasteiger partial charge on any atom is 0.277 e. The van der Waals surface area contributed by atoms with Crippen LogP contribution in [0.1, 0.15) is 10.5 Å². The van der Waals surface area contributed by atoms with Crippen molar-refractivity contribution in [3.05, 3.63) is 59.2 Å². The highest BCUT2D eigenvalue weighted by Crippen LogP contribution is 2.27. The van der Waals surface area contributed by atoms with Crippen LogP contribution in [0.2, 0.25) is 5.02 Å². The monoisotopic (exact) mass is 407 g/mol. The first kappa shape index (κ1) is 18.9. The van der Waals surface area contributed by atoms with Crippen molar-refractivity contribution in [1.29, 1.82) is 0 Å². The molecule has 0 aliphatic rings. The van der Waals surface area contributed by atoms with Gasteiger partial charge in [-0.2, -0.15) is 0 Å². The summed E-state index contributed by atoms with van der Waals surface area (Å²) in [6, 6.07) is 12.4. The highest BCUT2D eigenvalue weighted by molar-refractivity contribution is 7.89. The fourth-order valence-corrected chi connectivity index (χ4v) is 3.25. The number of nitrogens with zero attached hydrogens (tertiary/aromatic N) is 1. The number of nitrogens with one attached hydrogen (secondary N) is 1. The van der Waals surface area contributed by atoms with E-state index >= 15 is 0 Å². The maximum absolute atomic E-state index is 12.4. The number of halogens is 1. The lowest BCUT2D eigenvalue weighted by atomic mass is 10.1. The summed E-state index contributed by atoms with van der Waals surface area (Å²) in [5.74, 6) is -0.152. The van der Waals surface area contributed by atoms with E-state index < -0.39 is 15.9 Å². The minimum Gasteiger partial charge on any atom is -0.495 e. The Morgan fingerprint density at radius 3 is 2.67 bits per heavy atom. The smallest absolute Gasteiger partial charge is 0.277 e. The van der Waals surface area contributed by atoms with Crippen molar-refractivity contribution in [2.45, 2.75) is 4.90 Å². The van der Waals surface area contributed by atoms with E-state index in [-0.39, 0.29) is 22.0 Å². The molecule has 0 saturated heterocycles. The van der Waals surface area contributed by atoms with Crippen LogP contribution in [0.3, 0.4) is 0 Å². The van der Waals surface area contributed by atoms with Gasteiger partial charge in [-0.1, -0.05) is 28.9 Å². The van der Waals surface area contributed by atoms with Crippen LogP contribution in [0.5, 0.6) is 5.75 Å². The molecule has 3 rings (SSSR count). The summed E-state index contributed by atoms with van der Waals surface area (Å²) in [7, 11) is -2.71. The SMILES string of the molecule is COc1ccc(NC(=O)c2cc(-c3cccc(Cl)c3)on2)cc1S(N)(=O)=O. The molecule has 1 aromatic heterocycles. The highest BCUT2D eigenvalue weighted by Gasteiger charge is 2.18. The van der Waals surface area contributed by atoms with Crippen LogP contribution >= 0.6 is 11.6 Å². The van der Waals surface area contributed by atoms with Gasteiger partial charge in [0.1, 0.15) is 10.6 Å². The van der Waals surface area contributed by atoms with Crippen LogP contribution in [-0.4, -0.2) is 26.6 Å². The van der Waals surface area contributed by atoms with Gasteiger partial charge in [0.15, 0.2) is 11.5 Å². The van der Waals surface area contributed by atoms with E-state index in [0.29, 0.717) is 16.3 Å². The number of nitrogens with two attached hydrogens (primary N) is 1. The molecule has 3 aromatic rings. The molecule has 8 nitrogen and oxygen atoms in total. The van der Waals surface area contributed by atoms with Gasteiger partial charge < -0.3 is 14.6 Å². The topological polar surface area (TPSA) is 125 Å². The molecule has 27 heavy (non-hydrogen) atoms. The van der Waals surface area contributed by atoms with E-state index in [4.69, 9.17) is 26.0 Å². The number of anilines is 1. The third-order valence-corrected chi connectivity index (χ3v) is 4.75. The van der Waals surface area contributed by atoms with E-state index in [1.54, 1.807) is 24.3 Å². The number of hydrogen-bond donors (Lipinski definition) is 2. The van der Waals surface area contributed by atoms with Gasteiger partial charge in [0.25, 0.3) is 5.91 Å². The average Bonchev–Trinajstić information content (AvgIpc) is 3.11. The van der Waals surface area contributed by atoms with Gasteiger partial charge in [-0.3, -0.25) is 4.79 Å². The number of carbonyl (C=O) groups excluding carboxylic acids is 1. The standard InChI is InChI=1S/C17H14ClN3O5S/c1-25-14-6-5-12(8-16(14)27(19,23)24)20-17(22)13-9-15(26-21-13)10-3-2-4-11(18)7-10/h2-9H,1H3,(H,20,22)(H2,19,23,24). The summed E-state index contributed by atoms with van der Waals surface area (Å²) in [5, 5.41) is 11.9. The number of methoxy groups -OCH3 is 1. The second kappa shape index (κ2) is 7.39. The van der Waals surface area contributed by atoms with Gasteiger partial charge in [0.05, 0.1) is 7.11 Å². The third kappa shape index (κ3) is 4.27. The normalized spacial score (nSPS) is 11.2. The predicted octanol–water partition coefficient (Wildman–Crippen LogP) is 2.90. The van der Waals surface area contributed by atoms with E-state index in [1.807, 2.05) is 0 Å². The van der Waals surface area contributed by atoms with Crippen molar-refractivity contribution in [1.82, 2.24) is 5.16 Å². The average molecular weight is 408 g/mol. The van der Waals surface area contributed by atoms with Crippen molar-refractivity contribution in [3.63, 3.8) is 0 Å². The van der Waals surface area contributed by atoms with Gasteiger partial charge in [0.2, 0.25) is 10.0 Å². The maximum atomic E-state index is 12.4. The Kier molecular flexibility index (Phi) is 5.17. The summed E-state index contributed by atoms with van der Waals surface area (Å²) in [4.78, 5) is 12.1. The molecule has 10 heteroatoms. The minimum atomic E-state index is -4.03. The number of carbonyl (C=O) groups is 1. The molecule has 0 aliphatic heterocycles. The largest absolute Gasteiger partial charge is 0.495 e. The first-order chi connectivity index (χ1) is 12.8. The number of ether oxygens (including phenoxy) is 1. The Labute approximate surface area is 159 Å². The Morgan fingerprint density at radius 2 is 2.00 bits per heavy atom. The molecule has 0 atom stereocenters. The minimum absolute atomic E-state index is 0.0120. The Bertz CT molecular complexity index is 1110. The molecule has 1 heterocycles. The lowest BCUT2D eigenvalue weighted by molar-refractivity contribution is 0.101. The summed E-state index contributed by atoms with van der Waals surface area (Å²) < 4.78 is 33.5.